The van der Waals surface area contributed by atoms with Gasteiger partial charge in [-0.1, -0.05) is 17.7 Å². The molecular formula is C21H26ClF3N2O4. The highest BCUT2D eigenvalue weighted by molar-refractivity contribution is 6.30. The summed E-state index contributed by atoms with van der Waals surface area (Å²) in [6.45, 7) is 5.92. The first kappa shape index (κ1) is 23.8. The van der Waals surface area contributed by atoms with E-state index in [9.17, 15) is 18.0 Å². The van der Waals surface area contributed by atoms with Crippen molar-refractivity contribution in [2.75, 3.05) is 39.3 Å². The van der Waals surface area contributed by atoms with Crippen LogP contribution in [0.1, 0.15) is 29.6 Å². The lowest BCUT2D eigenvalue weighted by atomic mass is 9.84. The number of benzene rings is 1. The van der Waals surface area contributed by atoms with Crippen LogP contribution in [0.5, 0.6) is 0 Å². The van der Waals surface area contributed by atoms with Crippen molar-refractivity contribution in [2.45, 2.75) is 31.5 Å². The number of rotatable bonds is 3. The van der Waals surface area contributed by atoms with Gasteiger partial charge < -0.3 is 19.6 Å². The van der Waals surface area contributed by atoms with Crippen molar-refractivity contribution in [3.8, 4) is 0 Å². The molecule has 1 amide bonds. The van der Waals surface area contributed by atoms with Gasteiger partial charge in [0.05, 0.1) is 12.7 Å². The second-order valence-electron chi connectivity index (χ2n) is 8.16. The standard InChI is InChI=1S/C19H25ClN2O2.C2HF3O2/c20-16-5-3-4-14(10-16)19(23)22-9-6-15-13-24-18(17(15)11-22)12-21-7-1-2-8-21;3-2(4,5)1(6)7/h3-5,10,15,17-18H,1-2,6-9,11-13H2;(H,6,7)/t15-,17-,18+;/m0./s1. The first-order chi connectivity index (χ1) is 14.6. The maximum atomic E-state index is 12.8. The molecule has 0 aliphatic carbocycles. The highest BCUT2D eigenvalue weighted by Crippen LogP contribution is 2.35. The molecule has 10 heteroatoms. The number of hydrogen-bond acceptors (Lipinski definition) is 4. The lowest BCUT2D eigenvalue weighted by molar-refractivity contribution is -0.192. The number of nitrogens with zero attached hydrogens (tertiary/aromatic N) is 2. The Morgan fingerprint density at radius 3 is 2.48 bits per heavy atom. The Morgan fingerprint density at radius 2 is 1.87 bits per heavy atom. The number of carboxylic acid groups (broad SMARTS) is 1. The molecule has 0 bridgehead atoms. The van der Waals surface area contributed by atoms with E-state index < -0.39 is 12.1 Å². The Hall–Kier alpha value is -1.84. The van der Waals surface area contributed by atoms with Gasteiger partial charge in [-0.25, -0.2) is 4.79 Å². The molecule has 0 unspecified atom stereocenters. The van der Waals surface area contributed by atoms with Crippen LogP contribution in [0, 0.1) is 11.8 Å². The molecule has 3 saturated heterocycles. The number of halogens is 4. The van der Waals surface area contributed by atoms with Crippen LogP contribution in [0.3, 0.4) is 0 Å². The Bertz CT molecular complexity index is 786. The number of carbonyl (C=O) groups is 2. The summed E-state index contributed by atoms with van der Waals surface area (Å²) in [5.74, 6) is -1.57. The van der Waals surface area contributed by atoms with Gasteiger partial charge in [-0.2, -0.15) is 13.2 Å². The predicted octanol–water partition coefficient (Wildman–Crippen LogP) is 3.55. The third-order valence-corrected chi connectivity index (χ3v) is 6.28. The van der Waals surface area contributed by atoms with Gasteiger partial charge in [-0.15, -0.1) is 0 Å². The normalized spacial score (nSPS) is 26.2. The zero-order chi connectivity index (χ0) is 22.6. The van der Waals surface area contributed by atoms with Crippen LogP contribution in [0.2, 0.25) is 5.02 Å². The molecule has 1 aromatic rings. The third-order valence-electron chi connectivity index (χ3n) is 6.05. The number of alkyl halides is 3. The van der Waals surface area contributed by atoms with E-state index in [-0.39, 0.29) is 12.0 Å². The van der Waals surface area contributed by atoms with E-state index in [4.69, 9.17) is 26.2 Å². The highest BCUT2D eigenvalue weighted by atomic mass is 35.5. The molecule has 1 N–H and O–H groups in total. The molecule has 172 valence electrons. The Balaban J connectivity index is 0.000000339. The van der Waals surface area contributed by atoms with Crippen molar-refractivity contribution >= 4 is 23.5 Å². The van der Waals surface area contributed by atoms with Gasteiger partial charge in [-0.3, -0.25) is 4.79 Å². The first-order valence-electron chi connectivity index (χ1n) is 10.3. The molecule has 3 heterocycles. The zero-order valence-corrected chi connectivity index (χ0v) is 17.7. The van der Waals surface area contributed by atoms with Crippen LogP contribution < -0.4 is 0 Å². The average Bonchev–Trinajstić information content (AvgIpc) is 3.37. The number of amides is 1. The fourth-order valence-electron chi connectivity index (χ4n) is 4.43. The molecule has 3 atom stereocenters. The molecule has 0 radical (unpaired) electrons. The van der Waals surface area contributed by atoms with Crippen molar-refractivity contribution in [3.63, 3.8) is 0 Å². The monoisotopic (exact) mass is 462 g/mol. The van der Waals surface area contributed by atoms with Gasteiger partial charge in [0.25, 0.3) is 5.91 Å². The number of likely N-dealkylation sites (tertiary alicyclic amines) is 2. The van der Waals surface area contributed by atoms with Gasteiger partial charge in [0.1, 0.15) is 0 Å². The quantitative estimate of drug-likeness (QED) is 0.744. The molecule has 4 rings (SSSR count). The van der Waals surface area contributed by atoms with Crippen LogP contribution in [-0.2, 0) is 9.53 Å². The van der Waals surface area contributed by atoms with E-state index in [2.05, 4.69) is 4.90 Å². The summed E-state index contributed by atoms with van der Waals surface area (Å²) in [5, 5.41) is 7.74. The van der Waals surface area contributed by atoms with Crippen molar-refractivity contribution < 1.29 is 32.6 Å². The predicted molar refractivity (Wildman–Crippen MR) is 108 cm³/mol. The van der Waals surface area contributed by atoms with Crippen LogP contribution in [0.15, 0.2) is 24.3 Å². The number of fused-ring (bicyclic) bond motifs is 1. The number of hydrogen-bond donors (Lipinski definition) is 1. The van der Waals surface area contributed by atoms with E-state index in [0.29, 0.717) is 22.4 Å². The minimum absolute atomic E-state index is 0.0998. The fourth-order valence-corrected chi connectivity index (χ4v) is 4.62. The van der Waals surface area contributed by atoms with Gasteiger partial charge in [-0.05, 0) is 56.5 Å². The number of ether oxygens (including phenoxy) is 1. The summed E-state index contributed by atoms with van der Waals surface area (Å²) in [7, 11) is 0. The topological polar surface area (TPSA) is 70.1 Å². The van der Waals surface area contributed by atoms with Gasteiger partial charge in [0, 0.05) is 36.1 Å². The molecule has 3 aliphatic rings. The van der Waals surface area contributed by atoms with Crippen LogP contribution in [0.4, 0.5) is 13.2 Å². The number of aliphatic carboxylic acids is 1. The smallest absolute Gasteiger partial charge is 0.475 e. The average molecular weight is 463 g/mol. The minimum atomic E-state index is -5.08. The second-order valence-corrected chi connectivity index (χ2v) is 8.59. The maximum Gasteiger partial charge on any atom is 0.490 e. The number of piperidine rings is 1. The molecule has 6 nitrogen and oxygen atoms in total. The highest BCUT2D eigenvalue weighted by Gasteiger charge is 2.42. The summed E-state index contributed by atoms with van der Waals surface area (Å²) in [6.07, 6.45) is -1.14. The molecule has 3 fully saturated rings. The lowest BCUT2D eigenvalue weighted by Crippen LogP contribution is -2.47. The van der Waals surface area contributed by atoms with Crippen LogP contribution >= 0.6 is 11.6 Å². The molecule has 0 aromatic heterocycles. The lowest BCUT2D eigenvalue weighted by Gasteiger charge is -2.37. The Kier molecular flexibility index (Phi) is 7.82. The van der Waals surface area contributed by atoms with E-state index in [1.165, 1.54) is 25.9 Å². The molecule has 0 saturated carbocycles. The van der Waals surface area contributed by atoms with Crippen LogP contribution in [-0.4, -0.2) is 78.4 Å². The zero-order valence-electron chi connectivity index (χ0n) is 17.0. The number of carbonyl (C=O) groups excluding carboxylic acids is 1. The van der Waals surface area contributed by atoms with E-state index in [1.54, 1.807) is 6.07 Å². The Morgan fingerprint density at radius 1 is 1.19 bits per heavy atom. The fraction of sp³-hybridized carbons (Fsp3) is 0.619. The first-order valence-corrected chi connectivity index (χ1v) is 10.7. The minimum Gasteiger partial charge on any atom is -0.475 e. The second kappa shape index (κ2) is 10.2. The van der Waals surface area contributed by atoms with Crippen molar-refractivity contribution in [1.82, 2.24) is 9.80 Å². The van der Waals surface area contributed by atoms with E-state index in [1.807, 2.05) is 23.1 Å². The maximum absolute atomic E-state index is 12.8. The van der Waals surface area contributed by atoms with E-state index in [0.717, 1.165) is 32.7 Å². The molecule has 1 aromatic carbocycles. The molecule has 0 spiro atoms. The van der Waals surface area contributed by atoms with Gasteiger partial charge in [0.15, 0.2) is 0 Å². The summed E-state index contributed by atoms with van der Waals surface area (Å²) >= 11 is 6.04. The van der Waals surface area contributed by atoms with Gasteiger partial charge in [0.2, 0.25) is 0 Å². The summed E-state index contributed by atoms with van der Waals surface area (Å²) in [5.41, 5.74) is 0.691. The largest absolute Gasteiger partial charge is 0.490 e. The summed E-state index contributed by atoms with van der Waals surface area (Å²) < 4.78 is 37.9. The van der Waals surface area contributed by atoms with E-state index >= 15 is 0 Å². The SMILES string of the molecule is O=C(O)C(F)(F)F.O=C(c1cccc(Cl)c1)N1CC[C@H]2CO[C@H](CN3CCCC3)[C@H]2C1. The van der Waals surface area contributed by atoms with Crippen molar-refractivity contribution in [2.24, 2.45) is 11.8 Å². The molecule has 31 heavy (non-hydrogen) atoms. The van der Waals surface area contributed by atoms with Gasteiger partial charge >= 0.3 is 12.1 Å². The summed E-state index contributed by atoms with van der Waals surface area (Å²) in [4.78, 5) is 26.2. The molecular weight excluding hydrogens is 437 g/mol. The summed E-state index contributed by atoms with van der Waals surface area (Å²) in [6, 6.07) is 7.27. The Labute approximate surface area is 183 Å². The third kappa shape index (κ3) is 6.33. The van der Waals surface area contributed by atoms with Crippen LogP contribution in [0.25, 0.3) is 0 Å². The number of carboxylic acids is 1. The van der Waals surface area contributed by atoms with Crippen molar-refractivity contribution in [3.05, 3.63) is 34.9 Å². The molecule has 3 aliphatic heterocycles. The van der Waals surface area contributed by atoms with Crippen molar-refractivity contribution in [1.29, 1.82) is 0 Å².